The number of carbonyl (C=O) groups excluding carboxylic acids is 1. The molecule has 72 valence electrons. The average molecular weight is 188 g/mol. The number of hydrogen-bond donors (Lipinski definition) is 0. The number of likely N-dealkylation sites (N-methyl/N-ethyl adjacent to an activating group) is 1. The summed E-state index contributed by atoms with van der Waals surface area (Å²) in [5.74, 6) is -0.00699. The molecule has 3 heteroatoms. The van der Waals surface area contributed by atoms with E-state index in [9.17, 15) is 4.79 Å². The fraction of sp³-hybridized carbons (Fsp3) is 0.273. The lowest BCUT2D eigenvalue weighted by molar-refractivity contribution is 0.0822. The molecule has 1 aromatic rings. The van der Waals surface area contributed by atoms with Crippen molar-refractivity contribution in [3.8, 4) is 0 Å². The van der Waals surface area contributed by atoms with Crippen molar-refractivity contribution < 1.29 is 4.79 Å². The number of allylic oxidation sites excluding steroid dienone is 1. The molecule has 0 atom stereocenters. The highest BCUT2D eigenvalue weighted by Crippen LogP contribution is 2.22. The van der Waals surface area contributed by atoms with Crippen LogP contribution in [0, 0.1) is 6.92 Å². The first kappa shape index (κ1) is 8.94. The molecule has 2 rings (SSSR count). The minimum Gasteiger partial charge on any atom is -0.315 e. The van der Waals surface area contributed by atoms with E-state index in [0.717, 1.165) is 17.0 Å². The number of amides is 1. The zero-order valence-corrected chi connectivity index (χ0v) is 8.37. The number of aryl methyl sites for hydroxylation is 1. The van der Waals surface area contributed by atoms with E-state index in [1.165, 1.54) is 0 Å². The molecule has 14 heavy (non-hydrogen) atoms. The molecule has 0 bridgehead atoms. The third-order valence-corrected chi connectivity index (χ3v) is 2.49. The van der Waals surface area contributed by atoms with E-state index in [2.05, 4.69) is 11.6 Å². The summed E-state index contributed by atoms with van der Waals surface area (Å²) in [7, 11) is 1.75. The van der Waals surface area contributed by atoms with Crippen LogP contribution in [0.15, 0.2) is 24.5 Å². The van der Waals surface area contributed by atoms with Crippen molar-refractivity contribution in [2.24, 2.45) is 0 Å². The van der Waals surface area contributed by atoms with Crippen LogP contribution in [0.25, 0.3) is 0 Å². The van der Waals surface area contributed by atoms with Gasteiger partial charge in [0.05, 0.1) is 11.3 Å². The Kier molecular flexibility index (Phi) is 1.88. The number of pyridine rings is 1. The van der Waals surface area contributed by atoms with Gasteiger partial charge < -0.3 is 4.90 Å². The summed E-state index contributed by atoms with van der Waals surface area (Å²) in [6, 6.07) is 1.88. The number of nitrogens with zero attached hydrogens (tertiary/aromatic N) is 2. The Morgan fingerprint density at radius 3 is 3.00 bits per heavy atom. The first-order valence-corrected chi connectivity index (χ1v) is 4.51. The van der Waals surface area contributed by atoms with Gasteiger partial charge in [0.1, 0.15) is 0 Å². The van der Waals surface area contributed by atoms with Crippen LogP contribution in [0.1, 0.15) is 21.6 Å². The lowest BCUT2D eigenvalue weighted by Crippen LogP contribution is -2.32. The molecule has 0 radical (unpaired) electrons. The molecule has 1 aromatic heterocycles. The number of rotatable bonds is 0. The van der Waals surface area contributed by atoms with Crippen LogP contribution in [0.5, 0.6) is 0 Å². The summed E-state index contributed by atoms with van der Waals surface area (Å²) in [4.78, 5) is 17.6. The van der Waals surface area contributed by atoms with Crippen molar-refractivity contribution in [2.45, 2.75) is 13.3 Å². The van der Waals surface area contributed by atoms with Crippen LogP contribution in [0.2, 0.25) is 0 Å². The van der Waals surface area contributed by atoms with Gasteiger partial charge in [0.2, 0.25) is 0 Å². The summed E-state index contributed by atoms with van der Waals surface area (Å²) in [5.41, 5.74) is 3.36. The minimum atomic E-state index is -0.00699. The molecule has 0 N–H and O–H groups in total. The predicted molar refractivity (Wildman–Crippen MR) is 53.9 cm³/mol. The second kappa shape index (κ2) is 2.94. The monoisotopic (exact) mass is 188 g/mol. The second-order valence-electron chi connectivity index (χ2n) is 3.61. The van der Waals surface area contributed by atoms with Gasteiger partial charge in [-0.3, -0.25) is 9.78 Å². The lowest BCUT2D eigenvalue weighted by Gasteiger charge is -2.26. The molecular formula is C11H12N2O. The standard InChI is InChI=1S/C11H12N2O/c1-7-4-9-10(12-6-7)5-8(2)13(3)11(9)14/h4,6H,2,5H2,1,3H3. The fourth-order valence-corrected chi connectivity index (χ4v) is 1.56. The highest BCUT2D eigenvalue weighted by Gasteiger charge is 2.24. The summed E-state index contributed by atoms with van der Waals surface area (Å²) >= 11 is 0. The van der Waals surface area contributed by atoms with Crippen LogP contribution in [0.4, 0.5) is 0 Å². The zero-order valence-electron chi connectivity index (χ0n) is 8.37. The van der Waals surface area contributed by atoms with Crippen molar-refractivity contribution in [3.63, 3.8) is 0 Å². The highest BCUT2D eigenvalue weighted by molar-refractivity contribution is 5.97. The van der Waals surface area contributed by atoms with Gasteiger partial charge in [-0.15, -0.1) is 0 Å². The molecule has 3 nitrogen and oxygen atoms in total. The molecule has 1 amide bonds. The summed E-state index contributed by atoms with van der Waals surface area (Å²) in [5, 5.41) is 0. The van der Waals surface area contributed by atoms with Crippen molar-refractivity contribution >= 4 is 5.91 Å². The fourth-order valence-electron chi connectivity index (χ4n) is 1.56. The molecule has 0 saturated carbocycles. The Morgan fingerprint density at radius 1 is 1.57 bits per heavy atom. The molecule has 0 fully saturated rings. The first-order valence-electron chi connectivity index (χ1n) is 4.51. The van der Waals surface area contributed by atoms with Gasteiger partial charge in [-0.1, -0.05) is 6.58 Å². The Hall–Kier alpha value is -1.64. The van der Waals surface area contributed by atoms with Crippen LogP contribution in [-0.4, -0.2) is 22.8 Å². The molecular weight excluding hydrogens is 176 g/mol. The number of hydrogen-bond acceptors (Lipinski definition) is 2. The van der Waals surface area contributed by atoms with Gasteiger partial charge in [0.15, 0.2) is 0 Å². The quantitative estimate of drug-likeness (QED) is 0.618. The van der Waals surface area contributed by atoms with Crippen molar-refractivity contribution in [1.29, 1.82) is 0 Å². The first-order chi connectivity index (χ1) is 6.59. The van der Waals surface area contributed by atoms with Gasteiger partial charge in [-0.2, -0.15) is 0 Å². The topological polar surface area (TPSA) is 33.2 Å². The summed E-state index contributed by atoms with van der Waals surface area (Å²) in [6.07, 6.45) is 2.45. The third kappa shape index (κ3) is 1.21. The maximum Gasteiger partial charge on any atom is 0.259 e. The Morgan fingerprint density at radius 2 is 2.29 bits per heavy atom. The van der Waals surface area contributed by atoms with Gasteiger partial charge in [0, 0.05) is 25.4 Å². The molecule has 2 heterocycles. The minimum absolute atomic E-state index is 0.00699. The van der Waals surface area contributed by atoms with Crippen LogP contribution >= 0.6 is 0 Å². The smallest absolute Gasteiger partial charge is 0.259 e. The van der Waals surface area contributed by atoms with Crippen molar-refractivity contribution in [3.05, 3.63) is 41.4 Å². The molecule has 1 aliphatic heterocycles. The highest BCUT2D eigenvalue weighted by atomic mass is 16.2. The van der Waals surface area contributed by atoms with Crippen LogP contribution in [0.3, 0.4) is 0 Å². The Labute approximate surface area is 83.1 Å². The van der Waals surface area contributed by atoms with Gasteiger partial charge >= 0.3 is 0 Å². The Bertz CT molecular complexity index is 423. The van der Waals surface area contributed by atoms with E-state index < -0.39 is 0 Å². The predicted octanol–water partition coefficient (Wildman–Crippen LogP) is 1.53. The van der Waals surface area contributed by atoms with E-state index in [-0.39, 0.29) is 5.91 Å². The van der Waals surface area contributed by atoms with E-state index in [0.29, 0.717) is 12.0 Å². The van der Waals surface area contributed by atoms with E-state index in [1.54, 1.807) is 18.1 Å². The largest absolute Gasteiger partial charge is 0.315 e. The summed E-state index contributed by atoms with van der Waals surface area (Å²) in [6.45, 7) is 5.77. The number of aromatic nitrogens is 1. The van der Waals surface area contributed by atoms with Gasteiger partial charge in [-0.05, 0) is 18.6 Å². The molecule has 1 aliphatic rings. The average Bonchev–Trinajstić information content (AvgIpc) is 2.16. The maximum absolute atomic E-state index is 11.8. The molecule has 0 aromatic carbocycles. The van der Waals surface area contributed by atoms with Crippen LogP contribution in [-0.2, 0) is 6.42 Å². The molecule has 0 aliphatic carbocycles. The lowest BCUT2D eigenvalue weighted by atomic mass is 10.0. The molecule has 0 saturated heterocycles. The van der Waals surface area contributed by atoms with Crippen molar-refractivity contribution in [2.75, 3.05) is 7.05 Å². The van der Waals surface area contributed by atoms with E-state index in [4.69, 9.17) is 0 Å². The third-order valence-electron chi connectivity index (χ3n) is 2.49. The van der Waals surface area contributed by atoms with Gasteiger partial charge in [-0.25, -0.2) is 0 Å². The van der Waals surface area contributed by atoms with Gasteiger partial charge in [0.25, 0.3) is 5.91 Å². The van der Waals surface area contributed by atoms with Crippen LogP contribution < -0.4 is 0 Å². The Balaban J connectivity index is 2.57. The van der Waals surface area contributed by atoms with E-state index in [1.807, 2.05) is 13.0 Å². The van der Waals surface area contributed by atoms with Crippen molar-refractivity contribution in [1.82, 2.24) is 9.88 Å². The zero-order chi connectivity index (χ0) is 10.3. The molecule has 0 spiro atoms. The van der Waals surface area contributed by atoms with E-state index >= 15 is 0 Å². The number of fused-ring (bicyclic) bond motifs is 1. The molecule has 0 unspecified atom stereocenters. The SMILES string of the molecule is C=C1Cc2ncc(C)cc2C(=O)N1C. The summed E-state index contributed by atoms with van der Waals surface area (Å²) < 4.78 is 0. The normalized spacial score (nSPS) is 15.7. The number of carbonyl (C=O) groups is 1. The second-order valence-corrected chi connectivity index (χ2v) is 3.61. The maximum atomic E-state index is 11.8.